The van der Waals surface area contributed by atoms with E-state index in [1.165, 1.54) is 26.4 Å². The molecule has 1 atom stereocenters. The van der Waals surface area contributed by atoms with Crippen LogP contribution >= 0.6 is 11.3 Å². The molecule has 1 fully saturated rings. The van der Waals surface area contributed by atoms with Crippen LogP contribution in [0.15, 0.2) is 78.4 Å². The van der Waals surface area contributed by atoms with E-state index in [-0.39, 0.29) is 26.7 Å². The second kappa shape index (κ2) is 12.5. The van der Waals surface area contributed by atoms with Gasteiger partial charge in [0.15, 0.2) is 5.13 Å². The van der Waals surface area contributed by atoms with Crippen molar-refractivity contribution in [2.45, 2.75) is 26.5 Å². The number of hydrogen-bond donors (Lipinski definition) is 1. The number of rotatable bonds is 8. The second-order valence-corrected chi connectivity index (χ2v) is 10.9. The van der Waals surface area contributed by atoms with Gasteiger partial charge in [-0.2, -0.15) is 0 Å². The molecule has 0 bridgehead atoms. The van der Waals surface area contributed by atoms with E-state index in [9.17, 15) is 24.3 Å². The molecule has 0 radical (unpaired) electrons. The van der Waals surface area contributed by atoms with E-state index in [2.05, 4.69) is 4.98 Å². The fraction of sp³-hybridized carbons (Fsp3) is 0.182. The molecule has 5 rings (SSSR count). The van der Waals surface area contributed by atoms with Crippen molar-refractivity contribution in [2.24, 2.45) is 0 Å². The zero-order chi connectivity index (χ0) is 31.5. The number of aromatic nitrogens is 1. The zero-order valence-corrected chi connectivity index (χ0v) is 25.1. The number of aryl methyl sites for hydroxylation is 2. The van der Waals surface area contributed by atoms with Crippen LogP contribution in [0.3, 0.4) is 0 Å². The Kier molecular flexibility index (Phi) is 8.59. The summed E-state index contributed by atoms with van der Waals surface area (Å²) < 4.78 is 15.5. The fourth-order valence-corrected chi connectivity index (χ4v) is 5.84. The Morgan fingerprint density at radius 1 is 0.886 bits per heavy atom. The predicted octanol–water partition coefficient (Wildman–Crippen LogP) is 5.54. The normalized spacial score (nSPS) is 15.7. The molecule has 1 unspecified atom stereocenters. The lowest BCUT2D eigenvalue weighted by Crippen LogP contribution is -2.29. The first-order chi connectivity index (χ1) is 21.1. The molecule has 0 aliphatic carbocycles. The molecule has 1 aliphatic rings. The number of nitrogens with zero attached hydrogens (tertiary/aromatic N) is 2. The van der Waals surface area contributed by atoms with Crippen LogP contribution in [-0.4, -0.2) is 47.9 Å². The number of amides is 1. The average Bonchev–Trinajstić information content (AvgIpc) is 3.55. The molecule has 0 saturated carbocycles. The number of carbonyl (C=O) groups is 4. The van der Waals surface area contributed by atoms with E-state index in [1.807, 2.05) is 31.2 Å². The van der Waals surface area contributed by atoms with Crippen molar-refractivity contribution in [3.05, 3.63) is 117 Å². The Balaban J connectivity index is 1.55. The summed E-state index contributed by atoms with van der Waals surface area (Å²) in [5, 5.41) is 11.6. The van der Waals surface area contributed by atoms with E-state index in [1.54, 1.807) is 43.3 Å². The van der Waals surface area contributed by atoms with Crippen molar-refractivity contribution >= 4 is 45.9 Å². The number of ether oxygens (including phenoxy) is 3. The number of carbonyl (C=O) groups excluding carboxylic acids is 4. The molecule has 1 N–H and O–H groups in total. The fourth-order valence-electron chi connectivity index (χ4n) is 4.83. The molecule has 1 amide bonds. The molecule has 44 heavy (non-hydrogen) atoms. The average molecular weight is 613 g/mol. The minimum atomic E-state index is -1.12. The number of Topliss-reactive ketones (excluding diaryl/α,β-unsaturated/α-hetero) is 1. The SMILES string of the molecule is COC(=O)c1ccc(C2C(=C(O)c3ccc(OCc4ccccc4C)cc3)C(=O)C(=O)N2c2nc(C)c(C(=O)OC)s2)cc1. The summed E-state index contributed by atoms with van der Waals surface area (Å²) in [4.78, 5) is 57.1. The molecule has 11 heteroatoms. The van der Waals surface area contributed by atoms with Crippen molar-refractivity contribution in [1.29, 1.82) is 0 Å². The van der Waals surface area contributed by atoms with Crippen molar-refractivity contribution < 1.29 is 38.5 Å². The van der Waals surface area contributed by atoms with Gasteiger partial charge in [-0.3, -0.25) is 14.5 Å². The van der Waals surface area contributed by atoms with Gasteiger partial charge < -0.3 is 19.3 Å². The Morgan fingerprint density at radius 3 is 2.16 bits per heavy atom. The van der Waals surface area contributed by atoms with E-state index in [0.29, 0.717) is 23.6 Å². The number of hydrogen-bond acceptors (Lipinski definition) is 10. The summed E-state index contributed by atoms with van der Waals surface area (Å²) in [5.41, 5.74) is 3.23. The van der Waals surface area contributed by atoms with Crippen LogP contribution in [0.5, 0.6) is 5.75 Å². The lowest BCUT2D eigenvalue weighted by Gasteiger charge is -2.23. The maximum Gasteiger partial charge on any atom is 0.350 e. The van der Waals surface area contributed by atoms with Crippen LogP contribution in [0, 0.1) is 13.8 Å². The smallest absolute Gasteiger partial charge is 0.350 e. The maximum absolute atomic E-state index is 13.5. The van der Waals surface area contributed by atoms with Gasteiger partial charge >= 0.3 is 17.8 Å². The van der Waals surface area contributed by atoms with Gasteiger partial charge in [0, 0.05) is 5.56 Å². The van der Waals surface area contributed by atoms with Crippen LogP contribution in [0.1, 0.15) is 54.0 Å². The molecule has 4 aromatic rings. The molecule has 1 saturated heterocycles. The lowest BCUT2D eigenvalue weighted by atomic mass is 9.94. The maximum atomic E-state index is 13.5. The number of benzene rings is 3. The second-order valence-electron chi connectivity index (χ2n) is 9.92. The van der Waals surface area contributed by atoms with Gasteiger partial charge in [0.25, 0.3) is 5.78 Å². The third kappa shape index (κ3) is 5.69. The largest absolute Gasteiger partial charge is 0.507 e. The van der Waals surface area contributed by atoms with E-state index in [4.69, 9.17) is 14.2 Å². The van der Waals surface area contributed by atoms with Gasteiger partial charge in [0.05, 0.1) is 37.1 Å². The first kappa shape index (κ1) is 30.2. The molecule has 224 valence electrons. The quantitative estimate of drug-likeness (QED) is 0.118. The predicted molar refractivity (Wildman–Crippen MR) is 163 cm³/mol. The minimum absolute atomic E-state index is 0.0750. The third-order valence-electron chi connectivity index (χ3n) is 7.24. The Bertz CT molecular complexity index is 1790. The molecule has 1 aliphatic heterocycles. The van der Waals surface area contributed by atoms with Gasteiger partial charge in [-0.25, -0.2) is 14.6 Å². The number of ketones is 1. The minimum Gasteiger partial charge on any atom is -0.507 e. The van der Waals surface area contributed by atoms with E-state index in [0.717, 1.165) is 27.4 Å². The van der Waals surface area contributed by atoms with Gasteiger partial charge in [-0.05, 0) is 66.9 Å². The van der Waals surface area contributed by atoms with Crippen molar-refractivity contribution in [3.63, 3.8) is 0 Å². The van der Waals surface area contributed by atoms with Crippen LogP contribution < -0.4 is 9.64 Å². The first-order valence-corrected chi connectivity index (χ1v) is 14.3. The van der Waals surface area contributed by atoms with Crippen molar-refractivity contribution in [2.75, 3.05) is 19.1 Å². The van der Waals surface area contributed by atoms with Crippen LogP contribution in [0.25, 0.3) is 5.76 Å². The molecule has 3 aromatic carbocycles. The standard InChI is InChI=1S/C33H28N2O8S/c1-18-7-5-6-8-23(18)17-43-24-15-13-21(14-16-24)27(36)25-26(20-9-11-22(12-10-20)31(39)41-3)35(30(38)28(25)37)33-34-19(2)29(44-33)32(40)42-4/h5-16,26,36H,17H2,1-4H3. The molecular formula is C33H28N2O8S. The lowest BCUT2D eigenvalue weighted by molar-refractivity contribution is -0.132. The Morgan fingerprint density at radius 2 is 1.52 bits per heavy atom. The third-order valence-corrected chi connectivity index (χ3v) is 8.37. The molecular weight excluding hydrogens is 584 g/mol. The summed E-state index contributed by atoms with van der Waals surface area (Å²) in [5.74, 6) is -2.91. The number of anilines is 1. The van der Waals surface area contributed by atoms with Crippen LogP contribution in [0.4, 0.5) is 5.13 Å². The van der Waals surface area contributed by atoms with E-state index < -0.39 is 35.4 Å². The van der Waals surface area contributed by atoms with E-state index >= 15 is 0 Å². The van der Waals surface area contributed by atoms with Gasteiger partial charge in [0.2, 0.25) is 0 Å². The summed E-state index contributed by atoms with van der Waals surface area (Å²) in [6.45, 7) is 3.94. The summed E-state index contributed by atoms with van der Waals surface area (Å²) in [7, 11) is 2.49. The highest BCUT2D eigenvalue weighted by molar-refractivity contribution is 7.17. The zero-order valence-electron chi connectivity index (χ0n) is 24.3. The molecule has 10 nitrogen and oxygen atoms in total. The van der Waals surface area contributed by atoms with Crippen LogP contribution in [-0.2, 0) is 25.7 Å². The Hall–Kier alpha value is -5.29. The monoisotopic (exact) mass is 612 g/mol. The summed E-state index contributed by atoms with van der Waals surface area (Å²) >= 11 is 0.894. The van der Waals surface area contributed by atoms with Gasteiger partial charge in [-0.1, -0.05) is 47.7 Å². The highest BCUT2D eigenvalue weighted by Crippen LogP contribution is 2.44. The topological polar surface area (TPSA) is 132 Å². The highest BCUT2D eigenvalue weighted by Gasteiger charge is 2.48. The molecule has 1 aromatic heterocycles. The Labute approximate surface area is 257 Å². The van der Waals surface area contributed by atoms with Gasteiger partial charge in [-0.15, -0.1) is 0 Å². The number of thiazole rings is 1. The van der Waals surface area contributed by atoms with Crippen molar-refractivity contribution in [3.8, 4) is 5.75 Å². The first-order valence-electron chi connectivity index (χ1n) is 13.5. The number of methoxy groups -OCH3 is 2. The number of aliphatic hydroxyl groups excluding tert-OH is 1. The summed E-state index contributed by atoms with van der Waals surface area (Å²) in [6, 6.07) is 19.4. The molecule has 0 spiro atoms. The summed E-state index contributed by atoms with van der Waals surface area (Å²) in [6.07, 6.45) is 0. The van der Waals surface area contributed by atoms with Gasteiger partial charge in [0.1, 0.15) is 23.0 Å². The molecule has 2 heterocycles. The number of aliphatic hydroxyl groups is 1. The number of esters is 2. The van der Waals surface area contributed by atoms with Crippen LogP contribution in [0.2, 0.25) is 0 Å². The highest BCUT2D eigenvalue weighted by atomic mass is 32.1. The van der Waals surface area contributed by atoms with Crippen molar-refractivity contribution in [1.82, 2.24) is 4.98 Å².